The average Bonchev–Trinajstić information content (AvgIpc) is 3.80. The van der Waals surface area contributed by atoms with Crippen molar-refractivity contribution in [3.05, 3.63) is 102 Å². The van der Waals surface area contributed by atoms with E-state index in [-0.39, 0.29) is 29.3 Å². The van der Waals surface area contributed by atoms with Gasteiger partial charge in [0.1, 0.15) is 0 Å². The maximum absolute atomic E-state index is 14.9. The highest BCUT2D eigenvalue weighted by Crippen LogP contribution is 2.48. The van der Waals surface area contributed by atoms with Crippen LogP contribution >= 0.6 is 0 Å². The minimum atomic E-state index is -0.460. The molecular formula is C32H32FN5O2. The number of aromatic nitrogens is 1. The number of nitrogens with one attached hydrogen (secondary N) is 2. The summed E-state index contributed by atoms with van der Waals surface area (Å²) >= 11 is 0. The van der Waals surface area contributed by atoms with Crippen molar-refractivity contribution in [2.24, 2.45) is 5.92 Å². The Morgan fingerprint density at radius 1 is 1.00 bits per heavy atom. The molecule has 2 aliphatic rings. The first-order valence-electron chi connectivity index (χ1n) is 13.7. The zero-order valence-corrected chi connectivity index (χ0v) is 22.4. The van der Waals surface area contributed by atoms with Crippen molar-refractivity contribution in [2.45, 2.75) is 18.9 Å². The van der Waals surface area contributed by atoms with Crippen LogP contribution in [0.2, 0.25) is 0 Å². The Hall–Kier alpha value is -4.30. The van der Waals surface area contributed by atoms with E-state index in [1.807, 2.05) is 18.2 Å². The number of hydrogen-bond acceptors (Lipinski definition) is 5. The molecule has 2 N–H and O–H groups in total. The third-order valence-electron chi connectivity index (χ3n) is 7.97. The fourth-order valence-corrected chi connectivity index (χ4v) is 5.39. The molecule has 2 heterocycles. The van der Waals surface area contributed by atoms with Gasteiger partial charge in [-0.2, -0.15) is 0 Å². The molecule has 6 rings (SSSR count). The van der Waals surface area contributed by atoms with E-state index < -0.39 is 5.82 Å². The molecule has 2 atom stereocenters. The molecule has 1 aliphatic carbocycles. The maximum Gasteiger partial charge on any atom is 0.251 e. The van der Waals surface area contributed by atoms with Crippen molar-refractivity contribution < 1.29 is 14.0 Å². The van der Waals surface area contributed by atoms with Crippen molar-refractivity contribution in [2.75, 3.05) is 43.4 Å². The molecule has 1 saturated heterocycles. The standard InChI is InChI=1S/C32H32FN5O2/c1-37-13-15-38(16-14-37)25-8-5-21(6-9-25)19-35-31(39)23-4-2-3-22(17-23)27-18-28(27)32(40)36-29-10-7-24-20-34-12-11-26(24)30(29)33/h2-12,17,20,27-28H,13-16,18-19H2,1H3,(H,35,39)(H,36,40)/t27-,28+/m0/s1. The number of likely N-dealkylation sites (N-methyl/N-ethyl adjacent to an activating group) is 1. The largest absolute Gasteiger partial charge is 0.369 e. The number of carbonyl (C=O) groups excluding carboxylic acids is 2. The summed E-state index contributed by atoms with van der Waals surface area (Å²) in [6.07, 6.45) is 3.78. The maximum atomic E-state index is 14.9. The Kier molecular flexibility index (Phi) is 7.17. The monoisotopic (exact) mass is 537 g/mol. The number of halogens is 1. The second-order valence-electron chi connectivity index (χ2n) is 10.7. The number of pyridine rings is 1. The van der Waals surface area contributed by atoms with Crippen molar-refractivity contribution in [3.63, 3.8) is 0 Å². The van der Waals surface area contributed by atoms with E-state index in [1.165, 1.54) is 11.9 Å². The number of benzene rings is 3. The molecule has 1 aliphatic heterocycles. The van der Waals surface area contributed by atoms with Gasteiger partial charge in [0, 0.05) is 73.1 Å². The van der Waals surface area contributed by atoms with Crippen molar-refractivity contribution in [3.8, 4) is 0 Å². The van der Waals surface area contributed by atoms with Crippen LogP contribution in [0.5, 0.6) is 0 Å². The molecule has 2 fully saturated rings. The highest BCUT2D eigenvalue weighted by molar-refractivity contribution is 5.98. The normalized spacial score (nSPS) is 18.9. The first-order valence-corrected chi connectivity index (χ1v) is 13.7. The van der Waals surface area contributed by atoms with Crippen LogP contribution in [0.4, 0.5) is 15.8 Å². The number of piperazine rings is 1. The lowest BCUT2D eigenvalue weighted by Gasteiger charge is -2.34. The van der Waals surface area contributed by atoms with Gasteiger partial charge in [-0.1, -0.05) is 30.3 Å². The minimum Gasteiger partial charge on any atom is -0.369 e. The number of hydrogen-bond donors (Lipinski definition) is 2. The summed E-state index contributed by atoms with van der Waals surface area (Å²) in [6, 6.07) is 20.7. The Bertz CT molecular complexity index is 1550. The molecule has 1 aromatic heterocycles. The van der Waals surface area contributed by atoms with Crippen LogP contribution in [0, 0.1) is 11.7 Å². The van der Waals surface area contributed by atoms with E-state index in [0.29, 0.717) is 29.3 Å². The van der Waals surface area contributed by atoms with Crippen LogP contribution in [0.3, 0.4) is 0 Å². The van der Waals surface area contributed by atoms with E-state index in [0.717, 1.165) is 37.3 Å². The summed E-state index contributed by atoms with van der Waals surface area (Å²) in [5.74, 6) is -1.09. The Labute approximate surface area is 233 Å². The first kappa shape index (κ1) is 26.0. The van der Waals surface area contributed by atoms with Gasteiger partial charge < -0.3 is 20.4 Å². The smallest absolute Gasteiger partial charge is 0.251 e. The Morgan fingerprint density at radius 2 is 1.80 bits per heavy atom. The SMILES string of the molecule is CN1CCN(c2ccc(CNC(=O)c3cccc([C@@H]4C[C@H]4C(=O)Nc4ccc5cnccc5c4F)c3)cc2)CC1. The van der Waals surface area contributed by atoms with Gasteiger partial charge in [-0.25, -0.2) is 4.39 Å². The number of carbonyl (C=O) groups is 2. The molecule has 3 aromatic carbocycles. The summed E-state index contributed by atoms with van der Waals surface area (Å²) in [5.41, 5.74) is 3.92. The highest BCUT2D eigenvalue weighted by atomic mass is 19.1. The predicted molar refractivity (Wildman–Crippen MR) is 155 cm³/mol. The first-order chi connectivity index (χ1) is 19.5. The van der Waals surface area contributed by atoms with Gasteiger partial charge in [-0.15, -0.1) is 0 Å². The zero-order chi connectivity index (χ0) is 27.6. The van der Waals surface area contributed by atoms with E-state index in [2.05, 4.69) is 56.7 Å². The van der Waals surface area contributed by atoms with Crippen molar-refractivity contribution >= 4 is 34.0 Å². The van der Waals surface area contributed by atoms with Crippen molar-refractivity contribution in [1.29, 1.82) is 0 Å². The summed E-state index contributed by atoms with van der Waals surface area (Å²) in [7, 11) is 2.15. The van der Waals surface area contributed by atoms with Crippen LogP contribution in [0.15, 0.2) is 79.1 Å². The van der Waals surface area contributed by atoms with Crippen LogP contribution in [0.1, 0.15) is 33.8 Å². The second kappa shape index (κ2) is 11.1. The van der Waals surface area contributed by atoms with E-state index in [4.69, 9.17) is 0 Å². The lowest BCUT2D eigenvalue weighted by molar-refractivity contribution is -0.117. The third-order valence-corrected chi connectivity index (χ3v) is 7.97. The van der Waals surface area contributed by atoms with Gasteiger partial charge in [-0.3, -0.25) is 14.6 Å². The molecule has 7 nitrogen and oxygen atoms in total. The molecule has 2 amide bonds. The summed E-state index contributed by atoms with van der Waals surface area (Å²) < 4.78 is 14.9. The summed E-state index contributed by atoms with van der Waals surface area (Å²) in [4.78, 5) is 34.5. The molecule has 0 spiro atoms. The van der Waals surface area contributed by atoms with E-state index >= 15 is 0 Å². The van der Waals surface area contributed by atoms with Gasteiger partial charge >= 0.3 is 0 Å². The lowest BCUT2D eigenvalue weighted by atomic mass is 10.0. The zero-order valence-electron chi connectivity index (χ0n) is 22.4. The molecular weight excluding hydrogens is 505 g/mol. The third kappa shape index (κ3) is 5.53. The van der Waals surface area contributed by atoms with Gasteiger partial charge in [-0.05, 0) is 66.9 Å². The van der Waals surface area contributed by atoms with Gasteiger partial charge in [0.15, 0.2) is 5.82 Å². The van der Waals surface area contributed by atoms with Gasteiger partial charge in [0.2, 0.25) is 5.91 Å². The molecule has 4 aromatic rings. The van der Waals surface area contributed by atoms with E-state index in [9.17, 15) is 14.0 Å². The predicted octanol–water partition coefficient (Wildman–Crippen LogP) is 4.80. The molecule has 0 radical (unpaired) electrons. The number of nitrogens with zero attached hydrogens (tertiary/aromatic N) is 3. The van der Waals surface area contributed by atoms with Crippen LogP contribution in [0.25, 0.3) is 10.8 Å². The Morgan fingerprint density at radius 3 is 2.60 bits per heavy atom. The number of amides is 2. The topological polar surface area (TPSA) is 77.6 Å². The van der Waals surface area contributed by atoms with Crippen LogP contribution < -0.4 is 15.5 Å². The van der Waals surface area contributed by atoms with Gasteiger partial charge in [0.05, 0.1) is 5.69 Å². The molecule has 0 bridgehead atoms. The minimum absolute atomic E-state index is 0.00240. The average molecular weight is 538 g/mol. The Balaban J connectivity index is 1.04. The molecule has 8 heteroatoms. The summed E-state index contributed by atoms with van der Waals surface area (Å²) in [5, 5.41) is 6.86. The fraction of sp³-hybridized carbons (Fsp3) is 0.281. The quantitative estimate of drug-likeness (QED) is 0.354. The molecule has 204 valence electrons. The molecule has 1 saturated carbocycles. The van der Waals surface area contributed by atoms with Crippen molar-refractivity contribution in [1.82, 2.24) is 15.2 Å². The van der Waals surface area contributed by atoms with Crippen LogP contribution in [-0.2, 0) is 11.3 Å². The van der Waals surface area contributed by atoms with Gasteiger partial charge in [0.25, 0.3) is 5.91 Å². The lowest BCUT2D eigenvalue weighted by Crippen LogP contribution is -2.44. The summed E-state index contributed by atoms with van der Waals surface area (Å²) in [6.45, 7) is 4.60. The van der Waals surface area contributed by atoms with E-state index in [1.54, 1.807) is 30.5 Å². The number of anilines is 2. The molecule has 0 unspecified atom stereocenters. The fourth-order valence-electron chi connectivity index (χ4n) is 5.39. The molecule has 40 heavy (non-hydrogen) atoms. The number of rotatable bonds is 7. The number of fused-ring (bicyclic) bond motifs is 1. The van der Waals surface area contributed by atoms with Crippen LogP contribution in [-0.4, -0.2) is 54.9 Å². The highest BCUT2D eigenvalue weighted by Gasteiger charge is 2.44. The second-order valence-corrected chi connectivity index (χ2v) is 10.7.